The van der Waals surface area contributed by atoms with Crippen molar-refractivity contribution in [2.45, 2.75) is 20.4 Å². The number of aromatic nitrogens is 1. The normalized spacial score (nSPS) is 10.4. The molecule has 0 saturated heterocycles. The van der Waals surface area contributed by atoms with Crippen molar-refractivity contribution in [1.29, 1.82) is 0 Å². The molecule has 0 saturated carbocycles. The molecule has 2 aromatic rings. The summed E-state index contributed by atoms with van der Waals surface area (Å²) in [6, 6.07) is 10.2. The van der Waals surface area contributed by atoms with Crippen molar-refractivity contribution in [2.75, 3.05) is 12.4 Å². The fourth-order valence-corrected chi connectivity index (χ4v) is 2.09. The lowest BCUT2D eigenvalue weighted by Gasteiger charge is -2.10. The number of methoxy groups -OCH3 is 1. The number of nitrogens with zero attached hydrogens (tertiary/aromatic N) is 1. The van der Waals surface area contributed by atoms with Crippen molar-refractivity contribution in [3.63, 3.8) is 0 Å². The number of anilines is 1. The molecule has 96 valence electrons. The Morgan fingerprint density at radius 2 is 1.94 bits per heavy atom. The van der Waals surface area contributed by atoms with Crippen LogP contribution in [0.3, 0.4) is 0 Å². The minimum absolute atomic E-state index is 0.813. The summed E-state index contributed by atoms with van der Waals surface area (Å²) in [6.07, 6.45) is 0. The van der Waals surface area contributed by atoms with Crippen LogP contribution in [-0.4, -0.2) is 11.7 Å². The predicted octanol–water partition coefficient (Wildman–Crippen LogP) is 3.26. The van der Waals surface area contributed by atoms with Crippen LogP contribution in [0.4, 0.5) is 5.69 Å². The molecule has 2 rings (SSSR count). The largest absolute Gasteiger partial charge is 0.495 e. The highest BCUT2D eigenvalue weighted by atomic mass is 16.5. The molecule has 0 fully saturated rings. The van der Waals surface area contributed by atoms with Crippen LogP contribution in [0.5, 0.6) is 5.75 Å². The summed E-state index contributed by atoms with van der Waals surface area (Å²) in [5.41, 5.74) is 4.93. The lowest BCUT2D eigenvalue weighted by Crippen LogP contribution is -2.02. The van der Waals surface area contributed by atoms with E-state index < -0.39 is 0 Å². The summed E-state index contributed by atoms with van der Waals surface area (Å²) < 4.78 is 7.53. The highest BCUT2D eigenvalue weighted by Gasteiger charge is 2.07. The van der Waals surface area contributed by atoms with Gasteiger partial charge in [-0.1, -0.05) is 12.1 Å². The van der Waals surface area contributed by atoms with Gasteiger partial charge in [0.2, 0.25) is 0 Å². The standard InChI is InChI=1S/C15H20N2O/c1-11-9-13(12(2)17(11)3)10-16-14-7-5-6-8-15(14)18-4/h5-9,16H,10H2,1-4H3. The molecule has 0 aliphatic heterocycles. The molecule has 0 aliphatic rings. The minimum atomic E-state index is 0.813. The Morgan fingerprint density at radius 3 is 2.56 bits per heavy atom. The quantitative estimate of drug-likeness (QED) is 0.893. The molecule has 0 spiro atoms. The number of hydrogen-bond acceptors (Lipinski definition) is 2. The molecule has 1 aromatic heterocycles. The van der Waals surface area contributed by atoms with Crippen molar-refractivity contribution in [1.82, 2.24) is 4.57 Å². The Bertz CT molecular complexity index is 543. The van der Waals surface area contributed by atoms with Gasteiger partial charge in [-0.15, -0.1) is 0 Å². The third kappa shape index (κ3) is 2.35. The highest BCUT2D eigenvalue weighted by Crippen LogP contribution is 2.24. The third-order valence-corrected chi connectivity index (χ3v) is 3.46. The number of ether oxygens (including phenoxy) is 1. The summed E-state index contributed by atoms with van der Waals surface area (Å²) in [7, 11) is 3.79. The van der Waals surface area contributed by atoms with Gasteiger partial charge in [0.25, 0.3) is 0 Å². The lowest BCUT2D eigenvalue weighted by atomic mass is 10.2. The number of aryl methyl sites for hydroxylation is 1. The second kappa shape index (κ2) is 5.17. The molecular weight excluding hydrogens is 224 g/mol. The van der Waals surface area contributed by atoms with Gasteiger partial charge in [0.1, 0.15) is 5.75 Å². The molecule has 0 radical (unpaired) electrons. The van der Waals surface area contributed by atoms with Crippen LogP contribution in [0.25, 0.3) is 0 Å². The van der Waals surface area contributed by atoms with Crippen molar-refractivity contribution >= 4 is 5.69 Å². The van der Waals surface area contributed by atoms with E-state index in [1.54, 1.807) is 7.11 Å². The van der Waals surface area contributed by atoms with Crippen LogP contribution < -0.4 is 10.1 Å². The molecule has 0 amide bonds. The fourth-order valence-electron chi connectivity index (χ4n) is 2.09. The van der Waals surface area contributed by atoms with Gasteiger partial charge in [-0.2, -0.15) is 0 Å². The maximum absolute atomic E-state index is 5.33. The van der Waals surface area contributed by atoms with E-state index in [1.807, 2.05) is 24.3 Å². The molecule has 0 aliphatic carbocycles. The SMILES string of the molecule is COc1ccccc1NCc1cc(C)n(C)c1C. The molecule has 0 unspecified atom stereocenters. The van der Waals surface area contributed by atoms with E-state index in [4.69, 9.17) is 4.74 Å². The Morgan fingerprint density at radius 1 is 1.22 bits per heavy atom. The van der Waals surface area contributed by atoms with Gasteiger partial charge >= 0.3 is 0 Å². The summed E-state index contributed by atoms with van der Waals surface area (Å²) in [6.45, 7) is 5.08. The summed E-state index contributed by atoms with van der Waals surface area (Å²) in [5.74, 6) is 0.878. The average Bonchev–Trinajstić information content (AvgIpc) is 2.64. The zero-order valence-electron chi connectivity index (χ0n) is 11.4. The van der Waals surface area contributed by atoms with Gasteiger partial charge in [0.15, 0.2) is 0 Å². The van der Waals surface area contributed by atoms with Crippen LogP contribution in [0.1, 0.15) is 17.0 Å². The van der Waals surface area contributed by atoms with E-state index in [9.17, 15) is 0 Å². The predicted molar refractivity (Wildman–Crippen MR) is 75.2 cm³/mol. The molecular formula is C15H20N2O. The number of benzene rings is 1. The second-order valence-corrected chi connectivity index (χ2v) is 4.51. The van der Waals surface area contributed by atoms with Crippen molar-refractivity contribution in [3.05, 3.63) is 47.3 Å². The highest BCUT2D eigenvalue weighted by molar-refractivity contribution is 5.56. The first kappa shape index (κ1) is 12.6. The molecule has 18 heavy (non-hydrogen) atoms. The van der Waals surface area contributed by atoms with Crippen molar-refractivity contribution < 1.29 is 4.74 Å². The molecule has 0 bridgehead atoms. The lowest BCUT2D eigenvalue weighted by molar-refractivity contribution is 0.416. The van der Waals surface area contributed by atoms with Gasteiger partial charge in [0.05, 0.1) is 12.8 Å². The molecule has 1 heterocycles. The third-order valence-electron chi connectivity index (χ3n) is 3.46. The average molecular weight is 244 g/mol. The van der Waals surface area contributed by atoms with Crippen LogP contribution >= 0.6 is 0 Å². The molecule has 1 aromatic carbocycles. The van der Waals surface area contributed by atoms with E-state index in [1.165, 1.54) is 17.0 Å². The summed E-state index contributed by atoms with van der Waals surface area (Å²) in [4.78, 5) is 0. The fraction of sp³-hybridized carbons (Fsp3) is 0.333. The molecule has 3 heteroatoms. The van der Waals surface area contributed by atoms with Gasteiger partial charge in [-0.3, -0.25) is 0 Å². The van der Waals surface area contributed by atoms with Gasteiger partial charge in [0, 0.05) is 25.0 Å². The van der Waals surface area contributed by atoms with Gasteiger partial charge in [-0.05, 0) is 37.6 Å². The Labute approximate surface area is 108 Å². The number of rotatable bonds is 4. The molecule has 0 atom stereocenters. The zero-order chi connectivity index (χ0) is 13.1. The van der Waals surface area contributed by atoms with E-state index in [0.29, 0.717) is 0 Å². The zero-order valence-corrected chi connectivity index (χ0v) is 11.4. The first-order chi connectivity index (χ1) is 8.63. The van der Waals surface area contributed by atoms with Crippen LogP contribution in [0.15, 0.2) is 30.3 Å². The number of hydrogen-bond donors (Lipinski definition) is 1. The van der Waals surface area contributed by atoms with Gasteiger partial charge in [-0.25, -0.2) is 0 Å². The molecule has 1 N–H and O–H groups in total. The smallest absolute Gasteiger partial charge is 0.141 e. The monoisotopic (exact) mass is 244 g/mol. The minimum Gasteiger partial charge on any atom is -0.495 e. The first-order valence-electron chi connectivity index (χ1n) is 6.12. The Balaban J connectivity index is 2.14. The Hall–Kier alpha value is -1.90. The maximum atomic E-state index is 5.33. The van der Waals surface area contributed by atoms with E-state index in [0.717, 1.165) is 18.0 Å². The van der Waals surface area contributed by atoms with Crippen LogP contribution in [0.2, 0.25) is 0 Å². The first-order valence-corrected chi connectivity index (χ1v) is 6.12. The van der Waals surface area contributed by atoms with Crippen molar-refractivity contribution in [2.24, 2.45) is 7.05 Å². The van der Waals surface area contributed by atoms with Crippen LogP contribution in [-0.2, 0) is 13.6 Å². The van der Waals surface area contributed by atoms with E-state index >= 15 is 0 Å². The number of nitrogens with one attached hydrogen (secondary N) is 1. The second-order valence-electron chi connectivity index (χ2n) is 4.51. The van der Waals surface area contributed by atoms with Gasteiger partial charge < -0.3 is 14.6 Å². The number of para-hydroxylation sites is 2. The topological polar surface area (TPSA) is 26.2 Å². The summed E-state index contributed by atoms with van der Waals surface area (Å²) >= 11 is 0. The van der Waals surface area contributed by atoms with Crippen molar-refractivity contribution in [3.8, 4) is 5.75 Å². The van der Waals surface area contributed by atoms with E-state index in [-0.39, 0.29) is 0 Å². The maximum Gasteiger partial charge on any atom is 0.141 e. The van der Waals surface area contributed by atoms with Crippen LogP contribution in [0, 0.1) is 13.8 Å². The Kier molecular flexibility index (Phi) is 3.60. The molecule has 3 nitrogen and oxygen atoms in total. The summed E-state index contributed by atoms with van der Waals surface area (Å²) in [5, 5.41) is 3.42. The van der Waals surface area contributed by atoms with E-state index in [2.05, 4.69) is 36.8 Å².